The molecule has 0 radical (unpaired) electrons. The molecule has 0 aromatic heterocycles. The van der Waals surface area contributed by atoms with Crippen molar-refractivity contribution in [3.05, 3.63) is 88.5 Å². The standard InChI is InChI=1S/C39H62O11Si5/c1-44-37-28-31(18-24-36(37)46-39(43)33-21-19-32(20-22-33)38(42)45-2)16-14-26-52(5,6)48-54(9,10)50-55(11,12)49-53(7,8)47-51(3,4)25-13-15-30-17-23-35(41)34(27-30)29-40/h17-24,27-28,40-41H,13-16,25-26,29H2,1-12H3. The second-order valence-corrected chi connectivity index (χ2v) is 36.1. The summed E-state index contributed by atoms with van der Waals surface area (Å²) >= 11 is 0. The number of aromatic hydroxyl groups is 1. The Labute approximate surface area is 333 Å². The van der Waals surface area contributed by atoms with E-state index in [4.69, 9.17) is 30.7 Å². The van der Waals surface area contributed by atoms with E-state index in [9.17, 15) is 19.8 Å². The normalized spacial score (nSPS) is 12.7. The largest absolute Gasteiger partial charge is 0.508 e. The van der Waals surface area contributed by atoms with Gasteiger partial charge < -0.3 is 40.9 Å². The summed E-state index contributed by atoms with van der Waals surface area (Å²) < 4.78 is 43.2. The van der Waals surface area contributed by atoms with Gasteiger partial charge in [0.05, 0.1) is 32.0 Å². The summed E-state index contributed by atoms with van der Waals surface area (Å²) in [6, 6.07) is 19.0. The zero-order valence-electron chi connectivity index (χ0n) is 34.8. The number of hydrogen-bond acceptors (Lipinski definition) is 11. The van der Waals surface area contributed by atoms with Crippen LogP contribution in [0.5, 0.6) is 17.2 Å². The van der Waals surface area contributed by atoms with Gasteiger partial charge in [-0.15, -0.1) is 0 Å². The number of phenols is 1. The Bertz CT molecular complexity index is 1740. The highest BCUT2D eigenvalue weighted by atomic mass is 28.5. The van der Waals surface area contributed by atoms with E-state index in [1.165, 1.54) is 31.4 Å². The number of rotatable bonds is 21. The van der Waals surface area contributed by atoms with E-state index >= 15 is 0 Å². The maximum absolute atomic E-state index is 12.8. The molecule has 3 aromatic rings. The third-order valence-electron chi connectivity index (χ3n) is 8.80. The van der Waals surface area contributed by atoms with E-state index in [1.54, 1.807) is 19.2 Å². The molecule has 0 unspecified atom stereocenters. The van der Waals surface area contributed by atoms with Crippen LogP contribution in [0.4, 0.5) is 0 Å². The summed E-state index contributed by atoms with van der Waals surface area (Å²) in [5, 5.41) is 19.4. The van der Waals surface area contributed by atoms with Gasteiger partial charge in [-0.3, -0.25) is 0 Å². The lowest BCUT2D eigenvalue weighted by atomic mass is 10.1. The zero-order valence-corrected chi connectivity index (χ0v) is 39.8. The topological polar surface area (TPSA) is 139 Å². The summed E-state index contributed by atoms with van der Waals surface area (Å²) in [6.45, 7) is 21.4. The molecular weight excluding hydrogens is 785 g/mol. The minimum absolute atomic E-state index is 0.124. The highest BCUT2D eigenvalue weighted by Crippen LogP contribution is 2.32. The van der Waals surface area contributed by atoms with Crippen LogP contribution in [0, 0.1) is 0 Å². The number of carbonyl (C=O) groups is 2. The first-order valence-corrected chi connectivity index (χ1v) is 33.5. The highest BCUT2D eigenvalue weighted by molar-refractivity contribution is 6.90. The van der Waals surface area contributed by atoms with E-state index in [2.05, 4.69) is 65.5 Å². The Kier molecular flexibility index (Phi) is 16.5. The van der Waals surface area contributed by atoms with Gasteiger partial charge in [0.2, 0.25) is 0 Å². The second kappa shape index (κ2) is 19.5. The first-order chi connectivity index (χ1) is 25.5. The summed E-state index contributed by atoms with van der Waals surface area (Å²) in [7, 11) is -9.02. The first kappa shape index (κ1) is 46.5. The summed E-state index contributed by atoms with van der Waals surface area (Å²) in [5.41, 5.74) is 3.36. The Balaban J connectivity index is 1.50. The number of benzene rings is 3. The predicted octanol–water partition coefficient (Wildman–Crippen LogP) is 9.05. The van der Waals surface area contributed by atoms with Gasteiger partial charge in [-0.1, -0.05) is 12.1 Å². The molecule has 16 heteroatoms. The van der Waals surface area contributed by atoms with Crippen LogP contribution in [0.15, 0.2) is 60.7 Å². The number of aryl methyl sites for hydroxylation is 2. The zero-order chi connectivity index (χ0) is 41.2. The number of ether oxygens (including phenoxy) is 3. The molecule has 0 heterocycles. The molecule has 2 N–H and O–H groups in total. The summed E-state index contributed by atoms with van der Waals surface area (Å²) in [6.07, 6.45) is 3.53. The molecule has 0 atom stereocenters. The van der Waals surface area contributed by atoms with Gasteiger partial charge in [0, 0.05) is 5.56 Å². The molecule has 11 nitrogen and oxygen atoms in total. The van der Waals surface area contributed by atoms with E-state index in [1.807, 2.05) is 24.3 Å². The third kappa shape index (κ3) is 15.5. The van der Waals surface area contributed by atoms with Crippen molar-refractivity contribution in [3.63, 3.8) is 0 Å². The number of esters is 2. The fourth-order valence-corrected chi connectivity index (χ4v) is 31.6. The summed E-state index contributed by atoms with van der Waals surface area (Å²) in [5.74, 6) is -0.130. The minimum atomic E-state index is -2.61. The SMILES string of the molecule is COC(=O)c1ccc(C(=O)Oc2ccc(CCC[Si](C)(C)O[Si](C)(C)O[Si](C)(C)O[Si](C)(C)O[Si](C)(C)CCCc3ccc(O)c(CO)c3)cc2OC)cc1. The third-order valence-corrected chi connectivity index (χ3v) is 28.1. The smallest absolute Gasteiger partial charge is 0.343 e. The Morgan fingerprint density at radius 3 is 1.51 bits per heavy atom. The summed E-state index contributed by atoms with van der Waals surface area (Å²) in [4.78, 5) is 24.5. The van der Waals surface area contributed by atoms with Crippen LogP contribution in [-0.2, 0) is 40.6 Å². The van der Waals surface area contributed by atoms with Crippen LogP contribution < -0.4 is 9.47 Å². The van der Waals surface area contributed by atoms with Crippen molar-refractivity contribution in [1.29, 1.82) is 0 Å². The number of aliphatic hydroxyl groups is 1. The van der Waals surface area contributed by atoms with Crippen LogP contribution in [0.25, 0.3) is 0 Å². The second-order valence-electron chi connectivity index (χ2n) is 16.4. The van der Waals surface area contributed by atoms with Crippen LogP contribution in [0.1, 0.15) is 50.2 Å². The fourth-order valence-electron chi connectivity index (χ4n) is 7.01. The average molecular weight is 847 g/mol. The van der Waals surface area contributed by atoms with Crippen molar-refractivity contribution in [2.45, 2.75) is 110 Å². The molecule has 55 heavy (non-hydrogen) atoms. The van der Waals surface area contributed by atoms with E-state index in [0.717, 1.165) is 48.9 Å². The quantitative estimate of drug-likeness (QED) is 0.0603. The fraction of sp³-hybridized carbons (Fsp3) is 0.487. The number of hydrogen-bond donors (Lipinski definition) is 2. The molecular formula is C39H62O11Si5. The Hall–Kier alpha value is -2.92. The lowest BCUT2D eigenvalue weighted by Gasteiger charge is -2.42. The van der Waals surface area contributed by atoms with Crippen molar-refractivity contribution >= 4 is 54.3 Å². The molecule has 0 aliphatic heterocycles. The van der Waals surface area contributed by atoms with Crippen molar-refractivity contribution in [2.24, 2.45) is 0 Å². The number of carbonyl (C=O) groups excluding carboxylic acids is 2. The molecule has 3 aromatic carbocycles. The van der Waals surface area contributed by atoms with Gasteiger partial charge in [0.25, 0.3) is 0 Å². The molecule has 0 amide bonds. The maximum atomic E-state index is 12.8. The molecule has 0 bridgehead atoms. The van der Waals surface area contributed by atoms with Gasteiger partial charge >= 0.3 is 37.6 Å². The average Bonchev–Trinajstić information content (AvgIpc) is 3.06. The Morgan fingerprint density at radius 2 is 1.04 bits per heavy atom. The molecule has 304 valence electrons. The molecule has 0 fully saturated rings. The van der Waals surface area contributed by atoms with Crippen molar-refractivity contribution < 1.29 is 50.5 Å². The number of aliphatic hydroxyl groups excluding tert-OH is 1. The van der Waals surface area contributed by atoms with Gasteiger partial charge in [-0.25, -0.2) is 9.59 Å². The van der Waals surface area contributed by atoms with Crippen LogP contribution >= 0.6 is 0 Å². The lowest BCUT2D eigenvalue weighted by molar-refractivity contribution is 0.0599. The van der Waals surface area contributed by atoms with E-state index in [0.29, 0.717) is 28.2 Å². The molecule has 3 rings (SSSR count). The van der Waals surface area contributed by atoms with Crippen molar-refractivity contribution in [3.8, 4) is 17.2 Å². The molecule has 0 aliphatic rings. The Morgan fingerprint density at radius 1 is 0.582 bits per heavy atom. The molecule has 0 aliphatic carbocycles. The van der Waals surface area contributed by atoms with Gasteiger partial charge in [0.1, 0.15) is 5.75 Å². The van der Waals surface area contributed by atoms with Crippen LogP contribution in [0.3, 0.4) is 0 Å². The van der Waals surface area contributed by atoms with Gasteiger partial charge in [-0.05, 0) is 163 Å². The highest BCUT2D eigenvalue weighted by Gasteiger charge is 2.45. The van der Waals surface area contributed by atoms with Crippen LogP contribution in [0.2, 0.25) is 77.6 Å². The number of methoxy groups -OCH3 is 2. The molecule has 0 saturated heterocycles. The first-order valence-electron chi connectivity index (χ1n) is 18.8. The van der Waals surface area contributed by atoms with E-state index in [-0.39, 0.29) is 12.4 Å². The minimum Gasteiger partial charge on any atom is -0.508 e. The maximum Gasteiger partial charge on any atom is 0.343 e. The van der Waals surface area contributed by atoms with E-state index < -0.39 is 54.3 Å². The van der Waals surface area contributed by atoms with Crippen molar-refractivity contribution in [1.82, 2.24) is 0 Å². The molecule has 0 saturated carbocycles. The monoisotopic (exact) mass is 846 g/mol. The van der Waals surface area contributed by atoms with Crippen molar-refractivity contribution in [2.75, 3.05) is 14.2 Å². The molecule has 0 spiro atoms. The van der Waals surface area contributed by atoms with Gasteiger partial charge in [-0.2, -0.15) is 0 Å². The predicted molar refractivity (Wildman–Crippen MR) is 228 cm³/mol. The van der Waals surface area contributed by atoms with Gasteiger partial charge in [0.15, 0.2) is 28.1 Å². The van der Waals surface area contributed by atoms with Crippen LogP contribution in [-0.4, -0.2) is 78.7 Å². The lowest BCUT2D eigenvalue weighted by Crippen LogP contribution is -2.58.